The van der Waals surface area contributed by atoms with E-state index in [4.69, 9.17) is 0 Å². The van der Waals surface area contributed by atoms with Gasteiger partial charge in [0.1, 0.15) is 0 Å². The molecule has 0 unspecified atom stereocenters. The summed E-state index contributed by atoms with van der Waals surface area (Å²) in [6.45, 7) is 0. The Hall–Kier alpha value is -1.35. The van der Waals surface area contributed by atoms with Crippen molar-refractivity contribution in [3.8, 4) is 0 Å². The Balaban J connectivity index is 2.34. The Bertz CT molecular complexity index is 393. The Labute approximate surface area is 107 Å². The summed E-state index contributed by atoms with van der Waals surface area (Å²) in [6.07, 6.45) is 5.87. The van der Waals surface area contributed by atoms with Crippen LogP contribution in [0.1, 0.15) is 44.1 Å². The second-order valence-electron chi connectivity index (χ2n) is 5.13. The van der Waals surface area contributed by atoms with Gasteiger partial charge < -0.3 is 10.2 Å². The molecule has 0 radical (unpaired) electrons. The van der Waals surface area contributed by atoms with Crippen molar-refractivity contribution in [3.63, 3.8) is 0 Å². The molecule has 1 atom stereocenters. The molecule has 3 nitrogen and oxygen atoms in total. The van der Waals surface area contributed by atoms with Crippen LogP contribution in [0.25, 0.3) is 0 Å². The maximum atomic E-state index is 11.6. The lowest BCUT2D eigenvalue weighted by Crippen LogP contribution is -2.43. The molecule has 1 saturated carbocycles. The number of aliphatic hydroxyl groups is 1. The number of aliphatic carboxylic acids is 1. The van der Waals surface area contributed by atoms with Gasteiger partial charge in [0.15, 0.2) is 5.60 Å². The monoisotopic (exact) mass is 248 g/mol. The second-order valence-corrected chi connectivity index (χ2v) is 5.13. The molecule has 0 aromatic heterocycles. The Kier molecular flexibility index (Phi) is 4.02. The predicted molar refractivity (Wildman–Crippen MR) is 69.2 cm³/mol. The molecule has 0 aliphatic heterocycles. The van der Waals surface area contributed by atoms with Crippen LogP contribution in [0, 0.1) is 5.92 Å². The fourth-order valence-corrected chi connectivity index (χ4v) is 2.92. The first-order valence-electron chi connectivity index (χ1n) is 6.67. The Morgan fingerprint density at radius 3 is 2.11 bits per heavy atom. The van der Waals surface area contributed by atoms with Gasteiger partial charge in [0.05, 0.1) is 0 Å². The normalized spacial score (nSPS) is 20.9. The summed E-state index contributed by atoms with van der Waals surface area (Å²) in [5.74, 6) is -1.31. The van der Waals surface area contributed by atoms with E-state index < -0.39 is 11.6 Å². The highest BCUT2D eigenvalue weighted by molar-refractivity contribution is 5.79. The van der Waals surface area contributed by atoms with Crippen LogP contribution in [0.2, 0.25) is 0 Å². The third-order valence-corrected chi connectivity index (χ3v) is 3.99. The van der Waals surface area contributed by atoms with Gasteiger partial charge in [0.2, 0.25) is 0 Å². The van der Waals surface area contributed by atoms with Gasteiger partial charge in [-0.1, -0.05) is 56.0 Å². The van der Waals surface area contributed by atoms with Crippen LogP contribution in [0.5, 0.6) is 0 Å². The fourth-order valence-electron chi connectivity index (χ4n) is 2.92. The highest BCUT2D eigenvalue weighted by Crippen LogP contribution is 2.38. The summed E-state index contributed by atoms with van der Waals surface area (Å²) in [6, 6.07) is 8.80. The maximum absolute atomic E-state index is 11.6. The first-order chi connectivity index (χ1) is 8.65. The summed E-state index contributed by atoms with van der Waals surface area (Å²) in [7, 11) is 0. The molecule has 0 spiro atoms. The molecule has 1 aromatic carbocycles. The molecule has 2 N–H and O–H groups in total. The van der Waals surface area contributed by atoms with Crippen molar-refractivity contribution in [1.82, 2.24) is 0 Å². The van der Waals surface area contributed by atoms with Crippen molar-refractivity contribution >= 4 is 5.97 Å². The van der Waals surface area contributed by atoms with Crippen LogP contribution in [-0.4, -0.2) is 16.2 Å². The Morgan fingerprint density at radius 2 is 1.61 bits per heavy atom. The largest absolute Gasteiger partial charge is 0.479 e. The van der Waals surface area contributed by atoms with Gasteiger partial charge in [0.25, 0.3) is 0 Å². The lowest BCUT2D eigenvalue weighted by molar-refractivity contribution is -0.167. The van der Waals surface area contributed by atoms with Crippen LogP contribution < -0.4 is 0 Å². The average Bonchev–Trinajstić information content (AvgIpc) is 2.67. The second kappa shape index (κ2) is 5.53. The van der Waals surface area contributed by atoms with E-state index in [1.165, 1.54) is 0 Å². The molecule has 0 bridgehead atoms. The van der Waals surface area contributed by atoms with E-state index in [0.29, 0.717) is 5.56 Å². The first kappa shape index (κ1) is 13.1. The van der Waals surface area contributed by atoms with Gasteiger partial charge in [-0.15, -0.1) is 0 Å². The predicted octanol–water partition coefficient (Wildman–Crippen LogP) is 2.93. The minimum absolute atomic E-state index is 0.181. The quantitative estimate of drug-likeness (QED) is 0.809. The molecule has 98 valence electrons. The van der Waals surface area contributed by atoms with Gasteiger partial charge in [0, 0.05) is 5.92 Å². The number of benzene rings is 1. The van der Waals surface area contributed by atoms with Crippen LogP contribution in [0.15, 0.2) is 30.3 Å². The van der Waals surface area contributed by atoms with Crippen molar-refractivity contribution in [2.24, 2.45) is 5.92 Å². The lowest BCUT2D eigenvalue weighted by Gasteiger charge is -2.32. The van der Waals surface area contributed by atoms with E-state index in [0.717, 1.165) is 38.5 Å². The van der Waals surface area contributed by atoms with Crippen molar-refractivity contribution in [3.05, 3.63) is 35.9 Å². The molecule has 1 aliphatic rings. The number of hydrogen-bond acceptors (Lipinski definition) is 2. The minimum atomic E-state index is -1.73. The van der Waals surface area contributed by atoms with Crippen LogP contribution in [0.4, 0.5) is 0 Å². The molecule has 0 heterocycles. The highest BCUT2D eigenvalue weighted by Gasteiger charge is 2.45. The summed E-state index contributed by atoms with van der Waals surface area (Å²) < 4.78 is 0. The van der Waals surface area contributed by atoms with Gasteiger partial charge in [-0.25, -0.2) is 4.79 Å². The lowest BCUT2D eigenvalue weighted by atomic mass is 9.77. The number of rotatable bonds is 3. The van der Waals surface area contributed by atoms with E-state index in [1.807, 2.05) is 6.07 Å². The number of carbonyl (C=O) groups is 1. The van der Waals surface area contributed by atoms with Gasteiger partial charge >= 0.3 is 5.97 Å². The zero-order valence-electron chi connectivity index (χ0n) is 10.5. The van der Waals surface area contributed by atoms with Crippen molar-refractivity contribution in [2.45, 2.75) is 44.1 Å². The number of hydrogen-bond donors (Lipinski definition) is 2. The molecular formula is C15H20O3. The van der Waals surface area contributed by atoms with E-state index in [9.17, 15) is 15.0 Å². The number of carboxylic acids is 1. The van der Waals surface area contributed by atoms with Crippen LogP contribution in [-0.2, 0) is 10.4 Å². The smallest absolute Gasteiger partial charge is 0.340 e. The number of carboxylic acid groups (broad SMARTS) is 1. The topological polar surface area (TPSA) is 57.5 Å². The zero-order valence-corrected chi connectivity index (χ0v) is 10.5. The molecule has 0 saturated heterocycles. The van der Waals surface area contributed by atoms with Crippen molar-refractivity contribution in [1.29, 1.82) is 0 Å². The van der Waals surface area contributed by atoms with E-state index in [-0.39, 0.29) is 5.92 Å². The molecule has 2 rings (SSSR count). The maximum Gasteiger partial charge on any atom is 0.340 e. The Morgan fingerprint density at radius 1 is 1.06 bits per heavy atom. The third-order valence-electron chi connectivity index (χ3n) is 3.99. The molecule has 1 aliphatic carbocycles. The standard InChI is InChI=1S/C15H20O3/c16-14(17)15(18,13-10-6-3-7-11-13)12-8-4-1-2-5-9-12/h3,6-7,10-12,18H,1-2,4-5,8-9H2,(H,16,17)/t15-/m0/s1. The third kappa shape index (κ3) is 2.41. The molecular weight excluding hydrogens is 228 g/mol. The van der Waals surface area contributed by atoms with Gasteiger partial charge in [-0.05, 0) is 18.4 Å². The summed E-state index contributed by atoms with van der Waals surface area (Å²) >= 11 is 0. The van der Waals surface area contributed by atoms with Crippen LogP contribution >= 0.6 is 0 Å². The SMILES string of the molecule is O=C(O)[C@@](O)(c1ccccc1)C1CCCCCC1. The van der Waals surface area contributed by atoms with Crippen molar-refractivity contribution in [2.75, 3.05) is 0 Å². The minimum Gasteiger partial charge on any atom is -0.479 e. The van der Waals surface area contributed by atoms with E-state index in [1.54, 1.807) is 24.3 Å². The summed E-state index contributed by atoms with van der Waals surface area (Å²) in [5.41, 5.74) is -1.23. The van der Waals surface area contributed by atoms with E-state index >= 15 is 0 Å². The molecule has 1 aromatic rings. The molecule has 0 amide bonds. The van der Waals surface area contributed by atoms with Gasteiger partial charge in [-0.2, -0.15) is 0 Å². The average molecular weight is 248 g/mol. The zero-order chi connectivity index (χ0) is 13.0. The summed E-state index contributed by atoms with van der Waals surface area (Å²) in [4.78, 5) is 11.6. The first-order valence-corrected chi connectivity index (χ1v) is 6.67. The van der Waals surface area contributed by atoms with Crippen LogP contribution in [0.3, 0.4) is 0 Å². The van der Waals surface area contributed by atoms with E-state index in [2.05, 4.69) is 0 Å². The van der Waals surface area contributed by atoms with Gasteiger partial charge in [-0.3, -0.25) is 0 Å². The molecule has 3 heteroatoms. The fraction of sp³-hybridized carbons (Fsp3) is 0.533. The molecule has 18 heavy (non-hydrogen) atoms. The molecule has 1 fully saturated rings. The van der Waals surface area contributed by atoms with Crippen molar-refractivity contribution < 1.29 is 15.0 Å². The summed E-state index contributed by atoms with van der Waals surface area (Å²) in [5, 5.41) is 20.2. The highest BCUT2D eigenvalue weighted by atomic mass is 16.4.